The van der Waals surface area contributed by atoms with E-state index >= 15 is 0 Å². The Kier molecular flexibility index (Phi) is 3.44. The molecule has 8 nitrogen and oxygen atoms in total. The van der Waals surface area contributed by atoms with Crippen molar-refractivity contribution in [1.29, 1.82) is 0 Å². The SMILES string of the molecule is COc1cccc(OC)c1C1N=NN(N)C1c1cnco1. The van der Waals surface area contributed by atoms with Crippen LogP contribution in [0.1, 0.15) is 23.4 Å². The fraction of sp³-hybridized carbons (Fsp3) is 0.308. The molecule has 1 aliphatic rings. The number of ether oxygens (including phenoxy) is 2. The fourth-order valence-corrected chi connectivity index (χ4v) is 2.42. The number of hydrogen-bond acceptors (Lipinski definition) is 8. The first-order valence-electron chi connectivity index (χ1n) is 6.30. The largest absolute Gasteiger partial charge is 0.496 e. The number of hydrogen-bond donors (Lipinski definition) is 1. The van der Waals surface area contributed by atoms with Crippen LogP contribution in [0.5, 0.6) is 11.5 Å². The third-order valence-electron chi connectivity index (χ3n) is 3.37. The lowest BCUT2D eigenvalue weighted by Crippen LogP contribution is -2.29. The van der Waals surface area contributed by atoms with E-state index in [0.717, 1.165) is 5.56 Å². The van der Waals surface area contributed by atoms with Crippen LogP contribution in [0, 0.1) is 0 Å². The molecule has 2 aromatic rings. The Labute approximate surface area is 121 Å². The summed E-state index contributed by atoms with van der Waals surface area (Å²) in [7, 11) is 3.18. The molecular formula is C13H15N5O3. The molecule has 0 radical (unpaired) electrons. The van der Waals surface area contributed by atoms with Gasteiger partial charge in [0, 0.05) is 0 Å². The van der Waals surface area contributed by atoms with Crippen LogP contribution in [0.15, 0.2) is 45.5 Å². The summed E-state index contributed by atoms with van der Waals surface area (Å²) < 4.78 is 16.2. The zero-order valence-corrected chi connectivity index (χ0v) is 11.6. The van der Waals surface area contributed by atoms with Crippen LogP contribution in [-0.4, -0.2) is 24.3 Å². The minimum atomic E-state index is -0.408. The molecule has 1 aromatic carbocycles. The van der Waals surface area contributed by atoms with Crippen molar-refractivity contribution < 1.29 is 13.9 Å². The van der Waals surface area contributed by atoms with E-state index in [0.29, 0.717) is 17.3 Å². The van der Waals surface area contributed by atoms with Crippen LogP contribution in [0.25, 0.3) is 0 Å². The van der Waals surface area contributed by atoms with E-state index in [4.69, 9.17) is 19.7 Å². The highest BCUT2D eigenvalue weighted by Gasteiger charge is 2.39. The standard InChI is InChI=1S/C13H15N5O3/c1-19-8-4-3-5-9(20-2)11(8)12-13(18(14)17-16-12)10-6-15-7-21-10/h3-7,12-13H,14H2,1-2H3. The first-order chi connectivity index (χ1) is 10.3. The van der Waals surface area contributed by atoms with Gasteiger partial charge in [-0.1, -0.05) is 11.3 Å². The second kappa shape index (κ2) is 5.41. The topological polar surface area (TPSA) is 98.5 Å². The Bertz CT molecular complexity index is 621. The van der Waals surface area contributed by atoms with Crippen LogP contribution in [0.4, 0.5) is 0 Å². The van der Waals surface area contributed by atoms with E-state index in [1.807, 2.05) is 18.2 Å². The lowest BCUT2D eigenvalue weighted by Gasteiger charge is -2.22. The van der Waals surface area contributed by atoms with Crippen molar-refractivity contribution in [2.45, 2.75) is 12.1 Å². The summed E-state index contributed by atoms with van der Waals surface area (Å²) in [6.45, 7) is 0. The van der Waals surface area contributed by atoms with E-state index in [2.05, 4.69) is 15.3 Å². The summed E-state index contributed by atoms with van der Waals surface area (Å²) in [5.74, 6) is 7.76. The Balaban J connectivity index is 2.09. The molecule has 21 heavy (non-hydrogen) atoms. The van der Waals surface area contributed by atoms with Gasteiger partial charge in [0.25, 0.3) is 0 Å². The van der Waals surface area contributed by atoms with Crippen LogP contribution in [0.3, 0.4) is 0 Å². The third-order valence-corrected chi connectivity index (χ3v) is 3.37. The summed E-state index contributed by atoms with van der Waals surface area (Å²) in [6, 6.07) is 4.71. The lowest BCUT2D eigenvalue weighted by atomic mass is 9.97. The van der Waals surface area contributed by atoms with Gasteiger partial charge in [0.2, 0.25) is 0 Å². The van der Waals surface area contributed by atoms with Gasteiger partial charge in [-0.2, -0.15) is 5.11 Å². The van der Waals surface area contributed by atoms with E-state index in [-0.39, 0.29) is 0 Å². The maximum absolute atomic E-state index is 5.88. The molecule has 2 atom stereocenters. The van der Waals surface area contributed by atoms with Gasteiger partial charge in [0.1, 0.15) is 17.5 Å². The molecule has 0 spiro atoms. The quantitative estimate of drug-likeness (QED) is 0.865. The number of methoxy groups -OCH3 is 2. The predicted octanol–water partition coefficient (Wildman–Crippen LogP) is 2.03. The molecule has 0 amide bonds. The van der Waals surface area contributed by atoms with Crippen molar-refractivity contribution in [1.82, 2.24) is 10.1 Å². The van der Waals surface area contributed by atoms with Gasteiger partial charge in [0.15, 0.2) is 18.2 Å². The molecular weight excluding hydrogens is 274 g/mol. The van der Waals surface area contributed by atoms with Gasteiger partial charge >= 0.3 is 0 Å². The zero-order valence-electron chi connectivity index (χ0n) is 11.6. The molecule has 2 unspecified atom stereocenters. The first kappa shape index (κ1) is 13.4. The molecule has 0 bridgehead atoms. The summed E-state index contributed by atoms with van der Waals surface area (Å²) in [4.78, 5) is 3.92. The van der Waals surface area contributed by atoms with Gasteiger partial charge < -0.3 is 13.9 Å². The predicted molar refractivity (Wildman–Crippen MR) is 72.4 cm³/mol. The minimum Gasteiger partial charge on any atom is -0.496 e. The molecule has 0 fully saturated rings. The molecule has 0 saturated heterocycles. The zero-order chi connectivity index (χ0) is 14.8. The van der Waals surface area contributed by atoms with Crippen molar-refractivity contribution in [2.24, 2.45) is 16.2 Å². The number of nitrogens with zero attached hydrogens (tertiary/aromatic N) is 4. The average Bonchev–Trinajstić information content (AvgIpc) is 3.15. The molecule has 110 valence electrons. The molecule has 1 aromatic heterocycles. The van der Waals surface area contributed by atoms with Crippen molar-refractivity contribution in [2.75, 3.05) is 14.2 Å². The molecule has 0 aliphatic carbocycles. The summed E-state index contributed by atoms with van der Waals surface area (Å²) in [5, 5.41) is 9.39. The van der Waals surface area contributed by atoms with E-state index in [9.17, 15) is 0 Å². The summed E-state index contributed by atoms with van der Waals surface area (Å²) >= 11 is 0. The Hall–Kier alpha value is -2.61. The highest BCUT2D eigenvalue weighted by Crippen LogP contribution is 2.47. The number of rotatable bonds is 4. The van der Waals surface area contributed by atoms with Crippen LogP contribution >= 0.6 is 0 Å². The average molecular weight is 289 g/mol. The summed E-state index contributed by atoms with van der Waals surface area (Å²) in [6.07, 6.45) is 2.94. The Morgan fingerprint density at radius 3 is 2.52 bits per heavy atom. The molecule has 0 saturated carbocycles. The van der Waals surface area contributed by atoms with Gasteiger partial charge in [-0.15, -0.1) is 0 Å². The van der Waals surface area contributed by atoms with E-state index in [1.165, 1.54) is 11.5 Å². The molecule has 3 rings (SSSR count). The van der Waals surface area contributed by atoms with E-state index < -0.39 is 12.1 Å². The van der Waals surface area contributed by atoms with Gasteiger partial charge in [-0.05, 0) is 12.1 Å². The van der Waals surface area contributed by atoms with Crippen molar-refractivity contribution in [3.8, 4) is 11.5 Å². The molecule has 8 heteroatoms. The maximum atomic E-state index is 5.88. The highest BCUT2D eigenvalue weighted by molar-refractivity contribution is 5.48. The van der Waals surface area contributed by atoms with Crippen molar-refractivity contribution >= 4 is 0 Å². The van der Waals surface area contributed by atoms with Crippen molar-refractivity contribution in [3.05, 3.63) is 42.1 Å². The number of aromatic nitrogens is 1. The van der Waals surface area contributed by atoms with Gasteiger partial charge in [-0.3, -0.25) is 0 Å². The maximum Gasteiger partial charge on any atom is 0.180 e. The van der Waals surface area contributed by atoms with E-state index in [1.54, 1.807) is 20.4 Å². The number of oxazole rings is 1. The van der Waals surface area contributed by atoms with Crippen LogP contribution < -0.4 is 15.3 Å². The van der Waals surface area contributed by atoms with Crippen LogP contribution in [0.2, 0.25) is 0 Å². The second-order valence-corrected chi connectivity index (χ2v) is 4.45. The Morgan fingerprint density at radius 1 is 1.24 bits per heavy atom. The number of hydrazine groups is 1. The monoisotopic (exact) mass is 289 g/mol. The minimum absolute atomic E-state index is 0.405. The smallest absolute Gasteiger partial charge is 0.180 e. The fourth-order valence-electron chi connectivity index (χ4n) is 2.42. The van der Waals surface area contributed by atoms with Crippen molar-refractivity contribution in [3.63, 3.8) is 0 Å². The number of nitrogens with two attached hydrogens (primary N) is 1. The van der Waals surface area contributed by atoms with Gasteiger partial charge in [-0.25, -0.2) is 15.9 Å². The third kappa shape index (κ3) is 2.19. The molecule has 2 heterocycles. The van der Waals surface area contributed by atoms with Gasteiger partial charge in [0.05, 0.1) is 26.0 Å². The molecule has 1 aliphatic heterocycles. The lowest BCUT2D eigenvalue weighted by molar-refractivity contribution is 0.197. The first-order valence-corrected chi connectivity index (χ1v) is 6.30. The molecule has 2 N–H and O–H groups in total. The second-order valence-electron chi connectivity index (χ2n) is 4.45. The summed E-state index contributed by atoms with van der Waals surface area (Å²) in [5.41, 5.74) is 0.764. The van der Waals surface area contributed by atoms with Crippen LogP contribution in [-0.2, 0) is 0 Å². The number of benzene rings is 1. The normalized spacial score (nSPS) is 20.8. The highest BCUT2D eigenvalue weighted by atomic mass is 16.5. The Morgan fingerprint density at radius 2 is 1.95 bits per heavy atom.